The number of hydrogen-bond acceptors (Lipinski definition) is 4. The molecule has 0 saturated heterocycles. The van der Waals surface area contributed by atoms with Crippen molar-refractivity contribution in [1.82, 2.24) is 5.43 Å². The molecule has 0 radical (unpaired) electrons. The number of benzene rings is 4. The predicted molar refractivity (Wildman–Crippen MR) is 133 cm³/mol. The summed E-state index contributed by atoms with van der Waals surface area (Å²) in [4.78, 5) is 12.2. The Morgan fingerprint density at radius 2 is 1.79 bits per heavy atom. The van der Waals surface area contributed by atoms with E-state index < -0.39 is 0 Å². The van der Waals surface area contributed by atoms with Crippen LogP contribution in [0.5, 0.6) is 11.5 Å². The Bertz CT molecular complexity index is 1330. The first-order valence-electron chi connectivity index (χ1n) is 10.1. The minimum Gasteiger partial charge on any atom is -0.493 e. The van der Waals surface area contributed by atoms with Crippen LogP contribution in [0, 0.1) is 0 Å². The Kier molecular flexibility index (Phi) is 7.13. The summed E-state index contributed by atoms with van der Waals surface area (Å²) in [6.07, 6.45) is 1.48. The summed E-state index contributed by atoms with van der Waals surface area (Å²) >= 11 is 12.4. The molecule has 1 N–H and O–H groups in total. The number of halogens is 2. The van der Waals surface area contributed by atoms with E-state index >= 15 is 0 Å². The number of carbonyl (C=O) groups is 1. The van der Waals surface area contributed by atoms with Crippen LogP contribution >= 0.6 is 23.2 Å². The van der Waals surface area contributed by atoms with Crippen LogP contribution in [0.1, 0.15) is 21.5 Å². The molecule has 1 amide bonds. The van der Waals surface area contributed by atoms with Gasteiger partial charge in [-0.25, -0.2) is 5.43 Å². The minimum atomic E-state index is -0.373. The molecular formula is C26H20Cl2N2O3. The van der Waals surface area contributed by atoms with Crippen molar-refractivity contribution < 1.29 is 14.3 Å². The van der Waals surface area contributed by atoms with Gasteiger partial charge in [0.25, 0.3) is 5.91 Å². The Hall–Kier alpha value is -3.54. The van der Waals surface area contributed by atoms with Gasteiger partial charge in [-0.1, -0.05) is 71.7 Å². The molecule has 33 heavy (non-hydrogen) atoms. The predicted octanol–water partition coefficient (Wildman–Crippen LogP) is 6.50. The second-order valence-electron chi connectivity index (χ2n) is 7.17. The van der Waals surface area contributed by atoms with Gasteiger partial charge in [-0.15, -0.1) is 0 Å². The number of carbonyl (C=O) groups excluding carboxylic acids is 1. The standard InChI is InChI=1S/C26H20Cl2N2O3/c1-32-24-13-17(15-29-30-26(31)19-8-5-10-21(27)14-19)12-23(28)25(24)33-16-20-9-4-7-18-6-2-3-11-22(18)20/h2-15H,16H2,1H3,(H,30,31)/b29-15-. The maximum absolute atomic E-state index is 12.2. The summed E-state index contributed by atoms with van der Waals surface area (Å²) in [6.45, 7) is 0.334. The Morgan fingerprint density at radius 3 is 2.61 bits per heavy atom. The van der Waals surface area contributed by atoms with Gasteiger partial charge in [0.05, 0.1) is 18.3 Å². The molecule has 0 aromatic heterocycles. The van der Waals surface area contributed by atoms with Gasteiger partial charge in [0, 0.05) is 10.6 Å². The lowest BCUT2D eigenvalue weighted by molar-refractivity contribution is 0.0955. The van der Waals surface area contributed by atoms with Gasteiger partial charge in [0.2, 0.25) is 0 Å². The van der Waals surface area contributed by atoms with E-state index in [-0.39, 0.29) is 5.91 Å². The normalized spacial score (nSPS) is 11.0. The number of ether oxygens (including phenoxy) is 2. The average Bonchev–Trinajstić information content (AvgIpc) is 2.83. The Labute approximate surface area is 201 Å². The van der Waals surface area contributed by atoms with E-state index in [1.54, 1.807) is 36.4 Å². The summed E-state index contributed by atoms with van der Waals surface area (Å²) in [5.41, 5.74) is 4.56. The fourth-order valence-corrected chi connectivity index (χ4v) is 3.85. The van der Waals surface area contributed by atoms with Gasteiger partial charge in [-0.2, -0.15) is 5.10 Å². The molecule has 0 aliphatic carbocycles. The van der Waals surface area contributed by atoms with Crippen molar-refractivity contribution in [2.45, 2.75) is 6.61 Å². The molecule has 4 rings (SSSR count). The fourth-order valence-electron chi connectivity index (χ4n) is 3.38. The van der Waals surface area contributed by atoms with Crippen molar-refractivity contribution in [2.24, 2.45) is 5.10 Å². The summed E-state index contributed by atoms with van der Waals surface area (Å²) in [5.74, 6) is 0.527. The van der Waals surface area contributed by atoms with Crippen LogP contribution in [0.2, 0.25) is 10.0 Å². The molecule has 4 aromatic rings. The highest BCUT2D eigenvalue weighted by Crippen LogP contribution is 2.37. The minimum absolute atomic E-state index is 0.334. The zero-order valence-electron chi connectivity index (χ0n) is 17.7. The summed E-state index contributed by atoms with van der Waals surface area (Å²) in [6, 6.07) is 24.2. The van der Waals surface area contributed by atoms with Crippen LogP contribution < -0.4 is 14.9 Å². The van der Waals surface area contributed by atoms with Crippen LogP contribution in [-0.2, 0) is 6.61 Å². The first-order valence-corrected chi connectivity index (χ1v) is 10.9. The topological polar surface area (TPSA) is 59.9 Å². The quantitative estimate of drug-likeness (QED) is 0.243. The molecule has 0 spiro atoms. The number of rotatable bonds is 7. The van der Waals surface area contributed by atoms with Crippen LogP contribution in [0.15, 0.2) is 84.0 Å². The highest BCUT2D eigenvalue weighted by molar-refractivity contribution is 6.32. The molecule has 0 aliphatic rings. The zero-order valence-corrected chi connectivity index (χ0v) is 19.2. The molecular weight excluding hydrogens is 459 g/mol. The highest BCUT2D eigenvalue weighted by Gasteiger charge is 2.13. The first-order chi connectivity index (χ1) is 16.0. The Morgan fingerprint density at radius 1 is 1.00 bits per heavy atom. The Balaban J connectivity index is 1.48. The number of fused-ring (bicyclic) bond motifs is 1. The third-order valence-electron chi connectivity index (χ3n) is 4.97. The smallest absolute Gasteiger partial charge is 0.271 e. The van der Waals surface area contributed by atoms with E-state index in [9.17, 15) is 4.79 Å². The van der Waals surface area contributed by atoms with Gasteiger partial charge in [0.15, 0.2) is 11.5 Å². The average molecular weight is 479 g/mol. The third kappa shape index (κ3) is 5.45. The first kappa shape index (κ1) is 22.6. The van der Waals surface area contributed by atoms with Crippen LogP contribution in [0.3, 0.4) is 0 Å². The zero-order chi connectivity index (χ0) is 23.2. The number of hydrogen-bond donors (Lipinski definition) is 1. The highest BCUT2D eigenvalue weighted by atomic mass is 35.5. The van der Waals surface area contributed by atoms with Gasteiger partial charge < -0.3 is 9.47 Å². The number of methoxy groups -OCH3 is 1. The number of nitrogens with one attached hydrogen (secondary N) is 1. The third-order valence-corrected chi connectivity index (χ3v) is 5.49. The second kappa shape index (κ2) is 10.4. The van der Waals surface area contributed by atoms with E-state index in [0.717, 1.165) is 16.3 Å². The second-order valence-corrected chi connectivity index (χ2v) is 8.01. The molecule has 0 bridgehead atoms. The van der Waals surface area contributed by atoms with Crippen LogP contribution in [0.25, 0.3) is 10.8 Å². The lowest BCUT2D eigenvalue weighted by Crippen LogP contribution is -2.17. The molecule has 0 heterocycles. The molecule has 7 heteroatoms. The lowest BCUT2D eigenvalue weighted by atomic mass is 10.1. The molecule has 5 nitrogen and oxygen atoms in total. The molecule has 0 saturated carbocycles. The molecule has 0 atom stereocenters. The maximum atomic E-state index is 12.2. The number of nitrogens with zero attached hydrogens (tertiary/aromatic N) is 1. The summed E-state index contributed by atoms with van der Waals surface area (Å²) < 4.78 is 11.5. The van der Waals surface area contributed by atoms with Gasteiger partial charge in [0.1, 0.15) is 6.61 Å². The van der Waals surface area contributed by atoms with E-state index in [1.807, 2.05) is 24.3 Å². The van der Waals surface area contributed by atoms with Crippen LogP contribution in [0.4, 0.5) is 0 Å². The van der Waals surface area contributed by atoms with E-state index in [0.29, 0.717) is 39.3 Å². The van der Waals surface area contributed by atoms with Crippen molar-refractivity contribution in [2.75, 3.05) is 7.11 Å². The van der Waals surface area contributed by atoms with Crippen molar-refractivity contribution in [3.05, 3.63) is 106 Å². The molecule has 166 valence electrons. The largest absolute Gasteiger partial charge is 0.493 e. The monoisotopic (exact) mass is 478 g/mol. The van der Waals surface area contributed by atoms with Crippen molar-refractivity contribution in [3.63, 3.8) is 0 Å². The lowest BCUT2D eigenvalue weighted by Gasteiger charge is -2.14. The maximum Gasteiger partial charge on any atom is 0.271 e. The SMILES string of the molecule is COc1cc(/C=N\NC(=O)c2cccc(Cl)c2)cc(Cl)c1OCc1cccc2ccccc12. The van der Waals surface area contributed by atoms with Crippen LogP contribution in [-0.4, -0.2) is 19.2 Å². The number of amides is 1. The van der Waals surface area contributed by atoms with Crippen molar-refractivity contribution >= 4 is 46.1 Å². The van der Waals surface area contributed by atoms with Gasteiger partial charge in [-0.05, 0) is 52.2 Å². The molecule has 0 aliphatic heterocycles. The molecule has 4 aromatic carbocycles. The van der Waals surface area contributed by atoms with E-state index in [2.05, 4.69) is 28.7 Å². The molecule has 0 unspecified atom stereocenters. The summed E-state index contributed by atoms with van der Waals surface area (Å²) in [5, 5.41) is 7.11. The number of hydrazone groups is 1. The van der Waals surface area contributed by atoms with E-state index in [4.69, 9.17) is 32.7 Å². The van der Waals surface area contributed by atoms with Gasteiger partial charge in [-0.3, -0.25) is 4.79 Å². The van der Waals surface area contributed by atoms with Crippen molar-refractivity contribution in [3.8, 4) is 11.5 Å². The van der Waals surface area contributed by atoms with Crippen molar-refractivity contribution in [1.29, 1.82) is 0 Å². The van der Waals surface area contributed by atoms with E-state index in [1.165, 1.54) is 13.3 Å². The van der Waals surface area contributed by atoms with Gasteiger partial charge >= 0.3 is 0 Å². The fraction of sp³-hybridized carbons (Fsp3) is 0.0769. The molecule has 0 fully saturated rings. The summed E-state index contributed by atoms with van der Waals surface area (Å²) in [7, 11) is 1.54.